The number of rotatable bonds is 11. The van der Waals surface area contributed by atoms with E-state index in [1.54, 1.807) is 30.2 Å². The Kier molecular flexibility index (Phi) is 8.66. The van der Waals surface area contributed by atoms with Crippen molar-refractivity contribution in [3.05, 3.63) is 83.4 Å². The molecule has 0 fully saturated rings. The summed E-state index contributed by atoms with van der Waals surface area (Å²) >= 11 is 0. The van der Waals surface area contributed by atoms with Gasteiger partial charge in [-0.1, -0.05) is 24.3 Å². The maximum atomic E-state index is 13.1. The molecule has 0 aromatic heterocycles. The lowest BCUT2D eigenvalue weighted by Gasteiger charge is -2.17. The van der Waals surface area contributed by atoms with Gasteiger partial charge in [-0.15, -0.1) is 0 Å². The molecular formula is C30H30N2O5. The third kappa shape index (κ3) is 6.42. The highest BCUT2D eigenvalue weighted by molar-refractivity contribution is 6.12. The third-order valence-corrected chi connectivity index (χ3v) is 5.94. The Balaban J connectivity index is 1.38. The minimum absolute atomic E-state index is 0.0727. The summed E-state index contributed by atoms with van der Waals surface area (Å²) in [6.07, 6.45) is 3.06. The van der Waals surface area contributed by atoms with E-state index in [2.05, 4.69) is 6.07 Å². The lowest BCUT2D eigenvalue weighted by atomic mass is 10.1. The Bertz CT molecular complexity index is 1290. The number of benzene rings is 3. The van der Waals surface area contributed by atoms with Crippen LogP contribution in [0.5, 0.6) is 23.0 Å². The lowest BCUT2D eigenvalue weighted by molar-refractivity contribution is -0.114. The van der Waals surface area contributed by atoms with Crippen molar-refractivity contribution in [3.8, 4) is 29.1 Å². The number of carbonyl (C=O) groups excluding carboxylic acids is 1. The minimum Gasteiger partial charge on any atom is -0.497 e. The van der Waals surface area contributed by atoms with Gasteiger partial charge >= 0.3 is 0 Å². The van der Waals surface area contributed by atoms with E-state index < -0.39 is 0 Å². The van der Waals surface area contributed by atoms with Crippen LogP contribution in [0.4, 0.5) is 5.69 Å². The van der Waals surface area contributed by atoms with Crippen LogP contribution in [0.25, 0.3) is 6.08 Å². The summed E-state index contributed by atoms with van der Waals surface area (Å²) in [5, 5.41) is 9.73. The number of methoxy groups -OCH3 is 1. The van der Waals surface area contributed by atoms with Gasteiger partial charge in [-0.3, -0.25) is 4.79 Å². The van der Waals surface area contributed by atoms with Gasteiger partial charge in [0.15, 0.2) is 11.5 Å². The first-order chi connectivity index (χ1) is 18.1. The summed E-state index contributed by atoms with van der Waals surface area (Å²) in [5.41, 5.74) is 2.74. The number of nitriles is 1. The van der Waals surface area contributed by atoms with Crippen LogP contribution in [0.3, 0.4) is 0 Å². The maximum Gasteiger partial charge on any atom is 0.268 e. The zero-order valence-electron chi connectivity index (χ0n) is 21.1. The highest BCUT2D eigenvalue weighted by atomic mass is 16.5. The van der Waals surface area contributed by atoms with Crippen molar-refractivity contribution in [2.24, 2.45) is 0 Å². The van der Waals surface area contributed by atoms with Gasteiger partial charge in [0.05, 0.1) is 26.9 Å². The first-order valence-corrected chi connectivity index (χ1v) is 12.3. The van der Waals surface area contributed by atoms with Gasteiger partial charge in [-0.2, -0.15) is 5.26 Å². The summed E-state index contributed by atoms with van der Waals surface area (Å²) in [7, 11) is 1.63. The largest absolute Gasteiger partial charge is 0.497 e. The molecule has 0 radical (unpaired) electrons. The molecule has 0 spiro atoms. The number of amides is 1. The molecule has 0 atom stereocenters. The van der Waals surface area contributed by atoms with Crippen LogP contribution < -0.4 is 23.8 Å². The molecule has 1 amide bonds. The molecule has 1 aliphatic heterocycles. The zero-order chi connectivity index (χ0) is 26.0. The highest BCUT2D eigenvalue weighted by Gasteiger charge is 2.26. The average Bonchev–Trinajstić information content (AvgIpc) is 3.37. The van der Waals surface area contributed by atoms with E-state index in [1.807, 2.05) is 61.5 Å². The zero-order valence-corrected chi connectivity index (χ0v) is 21.1. The van der Waals surface area contributed by atoms with Gasteiger partial charge in [0.25, 0.3) is 5.91 Å². The molecule has 0 saturated heterocycles. The highest BCUT2D eigenvalue weighted by Crippen LogP contribution is 2.31. The first-order valence-electron chi connectivity index (χ1n) is 12.3. The van der Waals surface area contributed by atoms with E-state index >= 15 is 0 Å². The molecule has 3 aromatic carbocycles. The maximum absolute atomic E-state index is 13.1. The summed E-state index contributed by atoms with van der Waals surface area (Å²) in [6, 6.07) is 22.7. The molecular weight excluding hydrogens is 468 g/mol. The van der Waals surface area contributed by atoms with Crippen molar-refractivity contribution < 1.29 is 23.7 Å². The number of carbonyl (C=O) groups is 1. The summed E-state index contributed by atoms with van der Waals surface area (Å²) < 4.78 is 22.6. The molecule has 4 rings (SSSR count). The van der Waals surface area contributed by atoms with Crippen molar-refractivity contribution in [2.45, 2.75) is 19.8 Å². The van der Waals surface area contributed by atoms with E-state index in [9.17, 15) is 10.1 Å². The van der Waals surface area contributed by atoms with E-state index in [4.69, 9.17) is 18.9 Å². The van der Waals surface area contributed by atoms with Crippen LogP contribution in [-0.4, -0.2) is 39.4 Å². The Morgan fingerprint density at radius 1 is 0.973 bits per heavy atom. The number of hydrogen-bond donors (Lipinski definition) is 0. The molecule has 7 nitrogen and oxygen atoms in total. The quantitative estimate of drug-likeness (QED) is 0.199. The van der Waals surface area contributed by atoms with Crippen molar-refractivity contribution in [2.75, 3.05) is 38.4 Å². The number of para-hydroxylation sites is 1. The SMILES string of the molecule is CCOc1cc(C=C(C#N)C(=O)N2CCc3ccccc32)ccc1OCCCOc1ccc(OC)cc1. The third-order valence-electron chi connectivity index (χ3n) is 5.94. The van der Waals surface area contributed by atoms with Gasteiger partial charge in [-0.05, 0) is 73.0 Å². The molecule has 0 N–H and O–H groups in total. The Morgan fingerprint density at radius 3 is 2.49 bits per heavy atom. The standard InChI is InChI=1S/C30H30N2O5/c1-3-35-29-20-22(19-24(21-31)30(33)32-16-15-23-7-4-5-8-27(23)32)9-14-28(29)37-18-6-17-36-26-12-10-25(34-2)11-13-26/h4-5,7-14,19-20H,3,6,15-18H2,1-2H3. The van der Waals surface area contributed by atoms with Crippen LogP contribution >= 0.6 is 0 Å². The van der Waals surface area contributed by atoms with E-state index in [-0.39, 0.29) is 11.5 Å². The fourth-order valence-electron chi connectivity index (χ4n) is 4.11. The monoisotopic (exact) mass is 498 g/mol. The Hall–Kier alpha value is -4.44. The van der Waals surface area contributed by atoms with Crippen LogP contribution in [0.2, 0.25) is 0 Å². The van der Waals surface area contributed by atoms with Gasteiger partial charge in [-0.25, -0.2) is 0 Å². The molecule has 1 aliphatic rings. The van der Waals surface area contributed by atoms with E-state index in [1.165, 1.54) is 0 Å². The number of hydrogen-bond acceptors (Lipinski definition) is 6. The molecule has 0 bridgehead atoms. The Morgan fingerprint density at radius 2 is 1.73 bits per heavy atom. The van der Waals surface area contributed by atoms with Crippen LogP contribution in [0, 0.1) is 11.3 Å². The van der Waals surface area contributed by atoms with Crippen LogP contribution in [-0.2, 0) is 11.2 Å². The number of fused-ring (bicyclic) bond motifs is 1. The fraction of sp³-hybridized carbons (Fsp3) is 0.267. The molecule has 3 aromatic rings. The number of ether oxygens (including phenoxy) is 4. The number of nitrogens with zero attached hydrogens (tertiary/aromatic N) is 2. The molecule has 0 aliphatic carbocycles. The normalized spacial score (nSPS) is 12.5. The Labute approximate surface area is 217 Å². The van der Waals surface area contributed by atoms with Crippen molar-refractivity contribution in [3.63, 3.8) is 0 Å². The molecule has 0 unspecified atom stereocenters. The topological polar surface area (TPSA) is 81.0 Å². The van der Waals surface area contributed by atoms with Gasteiger partial charge in [0, 0.05) is 18.7 Å². The smallest absolute Gasteiger partial charge is 0.268 e. The van der Waals surface area contributed by atoms with Crippen LogP contribution in [0.15, 0.2) is 72.3 Å². The summed E-state index contributed by atoms with van der Waals surface area (Å²) in [5.74, 6) is 2.41. The molecule has 7 heteroatoms. The van der Waals surface area contributed by atoms with Crippen molar-refractivity contribution in [1.82, 2.24) is 0 Å². The van der Waals surface area contributed by atoms with Crippen molar-refractivity contribution in [1.29, 1.82) is 5.26 Å². The summed E-state index contributed by atoms with van der Waals surface area (Å²) in [6.45, 7) is 3.87. The van der Waals surface area contributed by atoms with Gasteiger partial charge in [0.1, 0.15) is 23.1 Å². The second-order valence-corrected chi connectivity index (χ2v) is 8.37. The van der Waals surface area contributed by atoms with Gasteiger partial charge in [0.2, 0.25) is 0 Å². The van der Waals surface area contributed by atoms with E-state index in [0.29, 0.717) is 49.8 Å². The first kappa shape index (κ1) is 25.6. The van der Waals surface area contributed by atoms with Gasteiger partial charge < -0.3 is 23.8 Å². The predicted molar refractivity (Wildman–Crippen MR) is 142 cm³/mol. The van der Waals surface area contributed by atoms with Crippen LogP contribution in [0.1, 0.15) is 24.5 Å². The summed E-state index contributed by atoms with van der Waals surface area (Å²) in [4.78, 5) is 14.8. The second kappa shape index (κ2) is 12.5. The fourth-order valence-corrected chi connectivity index (χ4v) is 4.11. The minimum atomic E-state index is -0.303. The van der Waals surface area contributed by atoms with E-state index in [0.717, 1.165) is 29.2 Å². The molecule has 190 valence electrons. The number of anilines is 1. The van der Waals surface area contributed by atoms with Crippen molar-refractivity contribution >= 4 is 17.7 Å². The molecule has 1 heterocycles. The predicted octanol–water partition coefficient (Wildman–Crippen LogP) is 5.44. The lowest BCUT2D eigenvalue weighted by Crippen LogP contribution is -2.29. The second-order valence-electron chi connectivity index (χ2n) is 8.37. The molecule has 0 saturated carbocycles. The molecule has 37 heavy (non-hydrogen) atoms. The average molecular weight is 499 g/mol.